The highest BCUT2D eigenvalue weighted by Gasteiger charge is 2.20. The first-order valence-corrected chi connectivity index (χ1v) is 9.87. The van der Waals surface area contributed by atoms with E-state index in [-0.39, 0.29) is 18.6 Å². The molecule has 0 fully saturated rings. The fraction of sp³-hybridized carbons (Fsp3) is 0.800. The molecule has 0 rings (SSSR count). The van der Waals surface area contributed by atoms with Gasteiger partial charge in [0.2, 0.25) is 5.76 Å². The summed E-state index contributed by atoms with van der Waals surface area (Å²) in [5, 5.41) is 18.8. The van der Waals surface area contributed by atoms with Crippen molar-refractivity contribution in [2.75, 3.05) is 6.61 Å². The minimum atomic E-state index is -1.26. The highest BCUT2D eigenvalue weighted by atomic mass is 16.5. The predicted molar refractivity (Wildman–Crippen MR) is 99.6 cm³/mol. The van der Waals surface area contributed by atoms with E-state index in [0.29, 0.717) is 6.42 Å². The molecule has 0 heterocycles. The second kappa shape index (κ2) is 16.0. The normalized spacial score (nSPS) is 11.9. The van der Waals surface area contributed by atoms with E-state index in [1.54, 1.807) is 6.92 Å². The van der Waals surface area contributed by atoms with Crippen molar-refractivity contribution in [3.05, 3.63) is 11.3 Å². The number of aliphatic hydroxyl groups excluding tert-OH is 1. The van der Waals surface area contributed by atoms with Crippen LogP contribution in [0.25, 0.3) is 0 Å². The van der Waals surface area contributed by atoms with Crippen LogP contribution in [0, 0.1) is 0 Å². The Labute approximate surface area is 152 Å². The summed E-state index contributed by atoms with van der Waals surface area (Å²) < 4.78 is 4.64. The van der Waals surface area contributed by atoms with Crippen molar-refractivity contribution in [2.45, 2.75) is 97.3 Å². The summed E-state index contributed by atoms with van der Waals surface area (Å²) in [4.78, 5) is 22.6. The van der Waals surface area contributed by atoms with Gasteiger partial charge in [-0.15, -0.1) is 0 Å². The quantitative estimate of drug-likeness (QED) is 0.164. The Morgan fingerprint density at radius 3 is 1.56 bits per heavy atom. The SMILES string of the molecule is CCCCCCCCCCCCCC/C(C(=O)O)=C(/O)C(=O)OCC. The van der Waals surface area contributed by atoms with Gasteiger partial charge in [-0.1, -0.05) is 77.6 Å². The van der Waals surface area contributed by atoms with E-state index in [1.165, 1.54) is 51.4 Å². The molecule has 0 atom stereocenters. The van der Waals surface area contributed by atoms with Crippen molar-refractivity contribution >= 4 is 11.9 Å². The van der Waals surface area contributed by atoms with Crippen LogP contribution in [0.2, 0.25) is 0 Å². The Kier molecular flexibility index (Phi) is 15.0. The highest BCUT2D eigenvalue weighted by Crippen LogP contribution is 2.16. The molecule has 0 bridgehead atoms. The van der Waals surface area contributed by atoms with Crippen LogP contribution in [0.3, 0.4) is 0 Å². The molecule has 0 aliphatic heterocycles. The number of ether oxygens (including phenoxy) is 1. The number of hydrogen-bond acceptors (Lipinski definition) is 4. The molecule has 0 amide bonds. The number of unbranched alkanes of at least 4 members (excludes halogenated alkanes) is 11. The van der Waals surface area contributed by atoms with E-state index in [0.717, 1.165) is 19.3 Å². The maximum Gasteiger partial charge on any atom is 0.373 e. The predicted octanol–water partition coefficient (Wildman–Crippen LogP) is 5.54. The fourth-order valence-corrected chi connectivity index (χ4v) is 2.79. The van der Waals surface area contributed by atoms with Gasteiger partial charge in [0, 0.05) is 0 Å². The molecule has 0 saturated carbocycles. The van der Waals surface area contributed by atoms with Crippen LogP contribution in [0.1, 0.15) is 97.3 Å². The fourth-order valence-electron chi connectivity index (χ4n) is 2.79. The summed E-state index contributed by atoms with van der Waals surface area (Å²) in [7, 11) is 0. The van der Waals surface area contributed by atoms with Gasteiger partial charge < -0.3 is 14.9 Å². The average molecular weight is 357 g/mol. The number of carbonyl (C=O) groups excluding carboxylic acids is 1. The Morgan fingerprint density at radius 1 is 0.720 bits per heavy atom. The maximum atomic E-state index is 11.4. The molecule has 0 unspecified atom stereocenters. The molecule has 0 aromatic rings. The van der Waals surface area contributed by atoms with Crippen molar-refractivity contribution in [2.24, 2.45) is 0 Å². The van der Waals surface area contributed by atoms with Crippen molar-refractivity contribution in [3.8, 4) is 0 Å². The Bertz CT molecular complexity index is 401. The smallest absolute Gasteiger partial charge is 0.373 e. The third-order valence-electron chi connectivity index (χ3n) is 4.29. The van der Waals surface area contributed by atoms with Crippen LogP contribution in [-0.2, 0) is 14.3 Å². The van der Waals surface area contributed by atoms with E-state index < -0.39 is 17.7 Å². The van der Waals surface area contributed by atoms with Crippen LogP contribution in [0.4, 0.5) is 0 Å². The zero-order chi connectivity index (χ0) is 18.9. The molecular formula is C20H36O5. The molecule has 0 spiro atoms. The molecular weight excluding hydrogens is 320 g/mol. The van der Waals surface area contributed by atoms with Gasteiger partial charge in [-0.3, -0.25) is 0 Å². The number of rotatable bonds is 16. The highest BCUT2D eigenvalue weighted by molar-refractivity contribution is 5.97. The number of hydrogen-bond donors (Lipinski definition) is 2. The van der Waals surface area contributed by atoms with Gasteiger partial charge in [0.1, 0.15) is 0 Å². The zero-order valence-electron chi connectivity index (χ0n) is 16.0. The summed E-state index contributed by atoms with van der Waals surface area (Å²) >= 11 is 0. The van der Waals surface area contributed by atoms with Gasteiger partial charge in [-0.25, -0.2) is 9.59 Å². The lowest BCUT2D eigenvalue weighted by molar-refractivity contribution is -0.143. The summed E-state index contributed by atoms with van der Waals surface area (Å²) in [6.45, 7) is 3.94. The number of carboxylic acids is 1. The molecule has 0 aromatic heterocycles. The van der Waals surface area contributed by atoms with Gasteiger partial charge in [0.25, 0.3) is 0 Å². The summed E-state index contributed by atoms with van der Waals surface area (Å²) in [5.74, 6) is -2.98. The van der Waals surface area contributed by atoms with E-state index >= 15 is 0 Å². The zero-order valence-corrected chi connectivity index (χ0v) is 16.0. The molecule has 0 aromatic carbocycles. The van der Waals surface area contributed by atoms with Crippen molar-refractivity contribution in [3.63, 3.8) is 0 Å². The summed E-state index contributed by atoms with van der Waals surface area (Å²) in [6.07, 6.45) is 14.4. The van der Waals surface area contributed by atoms with Crippen molar-refractivity contribution in [1.29, 1.82) is 0 Å². The van der Waals surface area contributed by atoms with E-state index in [2.05, 4.69) is 11.7 Å². The Balaban J connectivity index is 3.78. The number of esters is 1. The number of aliphatic hydroxyl groups is 1. The third kappa shape index (κ3) is 12.5. The van der Waals surface area contributed by atoms with Crippen LogP contribution in [0.5, 0.6) is 0 Å². The minimum absolute atomic E-state index is 0.106. The maximum absolute atomic E-state index is 11.4. The van der Waals surface area contributed by atoms with E-state index in [1.807, 2.05) is 0 Å². The molecule has 2 N–H and O–H groups in total. The van der Waals surface area contributed by atoms with Crippen LogP contribution < -0.4 is 0 Å². The largest absolute Gasteiger partial charge is 0.501 e. The molecule has 0 aliphatic carbocycles. The van der Waals surface area contributed by atoms with Gasteiger partial charge in [-0.2, -0.15) is 0 Å². The van der Waals surface area contributed by atoms with Crippen molar-refractivity contribution < 1.29 is 24.5 Å². The first-order chi connectivity index (χ1) is 12.0. The minimum Gasteiger partial charge on any atom is -0.501 e. The molecule has 146 valence electrons. The van der Waals surface area contributed by atoms with Gasteiger partial charge in [0.05, 0.1) is 12.2 Å². The number of carboxylic acid groups (broad SMARTS) is 1. The molecule has 25 heavy (non-hydrogen) atoms. The van der Waals surface area contributed by atoms with Gasteiger partial charge >= 0.3 is 11.9 Å². The third-order valence-corrected chi connectivity index (χ3v) is 4.29. The van der Waals surface area contributed by atoms with Gasteiger partial charge in [-0.05, 0) is 19.8 Å². The number of carbonyl (C=O) groups is 2. The molecule has 0 aliphatic rings. The molecule has 0 radical (unpaired) electrons. The van der Waals surface area contributed by atoms with Crippen LogP contribution in [-0.4, -0.2) is 28.8 Å². The Morgan fingerprint density at radius 2 is 1.16 bits per heavy atom. The summed E-state index contributed by atoms with van der Waals surface area (Å²) in [6, 6.07) is 0. The average Bonchev–Trinajstić information content (AvgIpc) is 2.58. The monoisotopic (exact) mass is 356 g/mol. The second-order valence-corrected chi connectivity index (χ2v) is 6.49. The lowest BCUT2D eigenvalue weighted by Gasteiger charge is -2.07. The van der Waals surface area contributed by atoms with Gasteiger partial charge in [0.15, 0.2) is 0 Å². The van der Waals surface area contributed by atoms with Crippen molar-refractivity contribution in [1.82, 2.24) is 0 Å². The Hall–Kier alpha value is -1.52. The van der Waals surface area contributed by atoms with E-state index in [9.17, 15) is 14.7 Å². The van der Waals surface area contributed by atoms with Crippen LogP contribution >= 0.6 is 0 Å². The molecule has 5 nitrogen and oxygen atoms in total. The molecule has 5 heteroatoms. The first-order valence-electron chi connectivity index (χ1n) is 9.87. The standard InChI is InChI=1S/C20H36O5/c1-3-5-6-7-8-9-10-11-12-13-14-15-16-17(19(22)23)18(21)20(24)25-4-2/h21H,3-16H2,1-2H3,(H,22,23)/b18-17-. The lowest BCUT2D eigenvalue weighted by Crippen LogP contribution is -2.14. The second-order valence-electron chi connectivity index (χ2n) is 6.49. The summed E-state index contributed by atoms with van der Waals surface area (Å²) in [5.41, 5.74) is -0.245. The number of aliphatic carboxylic acids is 1. The first kappa shape index (κ1) is 23.5. The van der Waals surface area contributed by atoms with Crippen LogP contribution in [0.15, 0.2) is 11.3 Å². The van der Waals surface area contributed by atoms with E-state index in [4.69, 9.17) is 5.11 Å². The topological polar surface area (TPSA) is 83.8 Å². The molecule has 0 saturated heterocycles. The lowest BCUT2D eigenvalue weighted by atomic mass is 10.0.